The molecule has 10 heteroatoms. The summed E-state index contributed by atoms with van der Waals surface area (Å²) in [6.07, 6.45) is 13.5. The van der Waals surface area contributed by atoms with Crippen LogP contribution in [0.4, 0.5) is 0 Å². The molecular formula is C31H46Cl2NO5PS. The van der Waals surface area contributed by atoms with Crippen LogP contribution in [0.1, 0.15) is 60.8 Å². The van der Waals surface area contributed by atoms with Crippen molar-refractivity contribution < 1.29 is 23.9 Å². The molecule has 2 unspecified atom stereocenters. The molecule has 0 aliphatic rings. The highest BCUT2D eigenvalue weighted by Crippen LogP contribution is 2.44. The molecular weight excluding hydrogens is 600 g/mol. The number of carbonyl (C=O) groups excluding carboxylic acids is 3. The highest BCUT2D eigenvalue weighted by atomic mass is 35.5. The average molecular weight is 647 g/mol. The van der Waals surface area contributed by atoms with Gasteiger partial charge < -0.3 is 14.8 Å². The summed E-state index contributed by atoms with van der Waals surface area (Å²) >= 11 is 12.4. The van der Waals surface area contributed by atoms with E-state index in [2.05, 4.69) is 50.3 Å². The fraction of sp³-hybridized carbons (Fsp3) is 0.452. The van der Waals surface area contributed by atoms with Gasteiger partial charge in [0.05, 0.1) is 22.5 Å². The van der Waals surface area contributed by atoms with Crippen molar-refractivity contribution in [2.45, 2.75) is 66.9 Å². The van der Waals surface area contributed by atoms with Crippen LogP contribution in [0.2, 0.25) is 0 Å². The minimum absolute atomic E-state index is 0.0612. The van der Waals surface area contributed by atoms with Crippen molar-refractivity contribution in [2.75, 3.05) is 24.2 Å². The lowest BCUT2D eigenvalue weighted by Crippen LogP contribution is -2.34. The first-order valence-electron chi connectivity index (χ1n) is 13.4. The fourth-order valence-corrected chi connectivity index (χ4v) is 5.61. The number of thioether (sulfide) groups is 1. The molecule has 0 aromatic carbocycles. The summed E-state index contributed by atoms with van der Waals surface area (Å²) in [7, 11) is -1.09. The Morgan fingerprint density at radius 1 is 1.12 bits per heavy atom. The summed E-state index contributed by atoms with van der Waals surface area (Å²) in [5, 5.41) is 2.98. The number of hydrogen-bond acceptors (Lipinski definition) is 6. The molecule has 2 atom stereocenters. The third kappa shape index (κ3) is 21.3. The van der Waals surface area contributed by atoms with Gasteiger partial charge in [0.1, 0.15) is 12.7 Å². The zero-order chi connectivity index (χ0) is 31.6. The van der Waals surface area contributed by atoms with Crippen LogP contribution in [0, 0.1) is 0 Å². The molecule has 0 aliphatic heterocycles. The monoisotopic (exact) mass is 645 g/mol. The zero-order valence-electron chi connectivity index (χ0n) is 25.2. The standard InChI is InChI=1S/C19H28ClO2P.C12H18ClNO3S/c1-6-9-16(4)14-18(10-7-2)15-23(13-8-3)19(21)17(5)22-12-11-20;1-4-6-11(18-8-13)12(16)14-7-10(5-2)17-9(3)15/h6,8-9,13-15H,5,7,10-12H2,1-4H3;4,6,10H,1,5,7-8H2,2-3H3,(H,14,16)/b9-6-,13-8-,16-14-,18-15+;11-6-. The molecule has 1 N–H and O–H groups in total. The van der Waals surface area contributed by atoms with E-state index in [0.717, 1.165) is 12.8 Å². The van der Waals surface area contributed by atoms with Gasteiger partial charge in [-0.1, -0.05) is 75.2 Å². The van der Waals surface area contributed by atoms with E-state index in [9.17, 15) is 14.4 Å². The van der Waals surface area contributed by atoms with Crippen molar-refractivity contribution in [1.29, 1.82) is 0 Å². The second-order valence-corrected chi connectivity index (χ2v) is 12.1. The van der Waals surface area contributed by atoms with Gasteiger partial charge in [0, 0.05) is 14.8 Å². The Bertz CT molecular complexity index is 989. The van der Waals surface area contributed by atoms with Crippen molar-refractivity contribution in [3.8, 4) is 0 Å². The van der Waals surface area contributed by atoms with E-state index in [1.807, 2.05) is 38.7 Å². The van der Waals surface area contributed by atoms with Gasteiger partial charge in [0.15, 0.2) is 5.76 Å². The smallest absolute Gasteiger partial charge is 0.302 e. The number of ether oxygens (including phenoxy) is 2. The largest absolute Gasteiger partial charge is 0.489 e. The van der Waals surface area contributed by atoms with E-state index in [0.29, 0.717) is 23.8 Å². The summed E-state index contributed by atoms with van der Waals surface area (Å²) in [5.41, 5.74) is 2.28. The Morgan fingerprint density at radius 3 is 2.29 bits per heavy atom. The molecule has 0 aliphatic carbocycles. The normalized spacial score (nSPS) is 13.7. The highest BCUT2D eigenvalue weighted by molar-refractivity contribution is 8.05. The molecule has 0 spiro atoms. The van der Waals surface area contributed by atoms with E-state index in [1.165, 1.54) is 35.9 Å². The van der Waals surface area contributed by atoms with Crippen LogP contribution in [-0.2, 0) is 23.9 Å². The Morgan fingerprint density at radius 2 is 1.80 bits per heavy atom. The lowest BCUT2D eigenvalue weighted by Gasteiger charge is -2.16. The van der Waals surface area contributed by atoms with Gasteiger partial charge >= 0.3 is 5.97 Å². The SMILES string of the molecule is C=C(OCCCl)C(=O)P(/C=C\C)/C=C(/C=C(C)\C=C/C)CCC.C=C/C=C(\SCCl)C(=O)NCC(CC)OC(C)=O. The molecule has 230 valence electrons. The summed E-state index contributed by atoms with van der Waals surface area (Å²) < 4.78 is 10.3. The number of allylic oxidation sites excluding steroid dienone is 9. The molecule has 0 saturated carbocycles. The second kappa shape index (κ2) is 26.8. The number of amides is 1. The molecule has 1 amide bonds. The molecule has 0 radical (unpaired) electrons. The fourth-order valence-electron chi connectivity index (χ4n) is 3.10. The summed E-state index contributed by atoms with van der Waals surface area (Å²) in [5.74, 6) is 3.93. The third-order valence-electron chi connectivity index (χ3n) is 4.80. The number of rotatable bonds is 19. The van der Waals surface area contributed by atoms with Crippen LogP contribution in [-0.4, -0.2) is 47.7 Å². The van der Waals surface area contributed by atoms with E-state index in [-0.39, 0.29) is 41.0 Å². The van der Waals surface area contributed by atoms with Crippen LogP contribution in [0.25, 0.3) is 0 Å². The van der Waals surface area contributed by atoms with Gasteiger partial charge in [0.2, 0.25) is 5.52 Å². The minimum atomic E-state index is -1.09. The number of esters is 1. The quantitative estimate of drug-likeness (QED) is 0.0377. The van der Waals surface area contributed by atoms with E-state index >= 15 is 0 Å². The first kappa shape index (κ1) is 41.1. The van der Waals surface area contributed by atoms with Crippen LogP contribution in [0.15, 0.2) is 83.1 Å². The summed E-state index contributed by atoms with van der Waals surface area (Å²) in [6.45, 7) is 19.2. The topological polar surface area (TPSA) is 81.7 Å². The van der Waals surface area contributed by atoms with Gasteiger partial charge in [0.25, 0.3) is 5.91 Å². The van der Waals surface area contributed by atoms with Crippen LogP contribution in [0.3, 0.4) is 0 Å². The average Bonchev–Trinajstić information content (AvgIpc) is 2.93. The number of carbonyl (C=O) groups is 3. The molecule has 6 nitrogen and oxygen atoms in total. The molecule has 0 rings (SSSR count). The summed E-state index contributed by atoms with van der Waals surface area (Å²) in [4.78, 5) is 35.6. The second-order valence-electron chi connectivity index (χ2n) is 8.37. The minimum Gasteiger partial charge on any atom is -0.489 e. The van der Waals surface area contributed by atoms with Crippen molar-refractivity contribution in [2.24, 2.45) is 0 Å². The van der Waals surface area contributed by atoms with Crippen molar-refractivity contribution in [3.05, 3.63) is 83.1 Å². The van der Waals surface area contributed by atoms with E-state index in [4.69, 9.17) is 32.7 Å². The maximum Gasteiger partial charge on any atom is 0.302 e. The number of halogens is 2. The molecule has 41 heavy (non-hydrogen) atoms. The van der Waals surface area contributed by atoms with E-state index in [1.54, 1.807) is 6.08 Å². The molecule has 0 aromatic rings. The summed E-state index contributed by atoms with van der Waals surface area (Å²) in [6, 6.07) is 0. The first-order valence-corrected chi connectivity index (χ1v) is 16.9. The number of alkyl halides is 2. The Hall–Kier alpha value is -2.05. The van der Waals surface area contributed by atoms with Gasteiger partial charge in [-0.2, -0.15) is 0 Å². The van der Waals surface area contributed by atoms with Crippen LogP contribution in [0.5, 0.6) is 0 Å². The molecule has 0 aromatic heterocycles. The molecule has 0 fully saturated rings. The van der Waals surface area contributed by atoms with Crippen molar-refractivity contribution >= 4 is 60.3 Å². The first-order chi connectivity index (χ1) is 19.5. The van der Waals surface area contributed by atoms with Gasteiger partial charge in [-0.05, 0) is 51.1 Å². The van der Waals surface area contributed by atoms with Gasteiger partial charge in [-0.3, -0.25) is 14.4 Å². The van der Waals surface area contributed by atoms with E-state index < -0.39 is 7.92 Å². The predicted molar refractivity (Wildman–Crippen MR) is 180 cm³/mol. The lowest BCUT2D eigenvalue weighted by atomic mass is 10.1. The zero-order valence-corrected chi connectivity index (χ0v) is 28.4. The predicted octanol–water partition coefficient (Wildman–Crippen LogP) is 8.95. The third-order valence-corrected chi connectivity index (χ3v) is 7.97. The molecule has 0 bridgehead atoms. The Labute approximate surface area is 262 Å². The maximum atomic E-state index is 12.5. The number of nitrogens with one attached hydrogen (secondary N) is 1. The van der Waals surface area contributed by atoms with Crippen LogP contribution >= 0.6 is 42.9 Å². The Balaban J connectivity index is 0. The lowest BCUT2D eigenvalue weighted by molar-refractivity contribution is -0.146. The van der Waals surface area contributed by atoms with Crippen molar-refractivity contribution in [1.82, 2.24) is 5.32 Å². The number of hydrogen-bond donors (Lipinski definition) is 1. The van der Waals surface area contributed by atoms with Gasteiger partial charge in [-0.15, -0.1) is 35.0 Å². The maximum absolute atomic E-state index is 12.5. The highest BCUT2D eigenvalue weighted by Gasteiger charge is 2.18. The molecule has 0 saturated heterocycles. The van der Waals surface area contributed by atoms with Crippen molar-refractivity contribution in [3.63, 3.8) is 0 Å². The van der Waals surface area contributed by atoms with Crippen LogP contribution < -0.4 is 5.32 Å². The molecule has 0 heterocycles. The Kier molecular flexibility index (Phi) is 26.9. The van der Waals surface area contributed by atoms with Gasteiger partial charge in [-0.25, -0.2) is 0 Å².